The van der Waals surface area contributed by atoms with Gasteiger partial charge in [-0.25, -0.2) is 0 Å². The van der Waals surface area contributed by atoms with Crippen molar-refractivity contribution in [1.29, 1.82) is 0 Å². The van der Waals surface area contributed by atoms with Crippen LogP contribution < -0.4 is 5.32 Å². The molecule has 2 saturated heterocycles. The predicted octanol–water partition coefficient (Wildman–Crippen LogP) is 2.00. The Kier molecular flexibility index (Phi) is 5.63. The Morgan fingerprint density at radius 3 is 2.95 bits per heavy atom. The van der Waals surface area contributed by atoms with Crippen LogP contribution in [0.15, 0.2) is 30.3 Å². The quantitative estimate of drug-likeness (QED) is 0.899. The Morgan fingerprint density at radius 2 is 2.14 bits per heavy atom. The van der Waals surface area contributed by atoms with Gasteiger partial charge in [0.15, 0.2) is 6.29 Å². The highest BCUT2D eigenvalue weighted by molar-refractivity contribution is 5.14. The second-order valence-electron chi connectivity index (χ2n) is 6.00. The van der Waals surface area contributed by atoms with Crippen LogP contribution in [0.1, 0.15) is 24.8 Å². The summed E-state index contributed by atoms with van der Waals surface area (Å²) < 4.78 is 11.5. The summed E-state index contributed by atoms with van der Waals surface area (Å²) in [6, 6.07) is 11.1. The van der Waals surface area contributed by atoms with Gasteiger partial charge < -0.3 is 14.8 Å². The zero-order valence-electron chi connectivity index (χ0n) is 12.7. The minimum Gasteiger partial charge on any atom is -0.353 e. The molecule has 2 aliphatic rings. The lowest BCUT2D eigenvalue weighted by molar-refractivity contribution is -0.167. The largest absolute Gasteiger partial charge is 0.353 e. The molecule has 0 bridgehead atoms. The van der Waals surface area contributed by atoms with Crippen LogP contribution in [0.25, 0.3) is 0 Å². The monoisotopic (exact) mass is 290 g/mol. The summed E-state index contributed by atoms with van der Waals surface area (Å²) >= 11 is 0. The molecule has 2 atom stereocenters. The van der Waals surface area contributed by atoms with Crippen molar-refractivity contribution < 1.29 is 9.47 Å². The Labute approximate surface area is 127 Å². The van der Waals surface area contributed by atoms with Gasteiger partial charge in [0.2, 0.25) is 0 Å². The van der Waals surface area contributed by atoms with E-state index in [0.717, 1.165) is 45.8 Å². The van der Waals surface area contributed by atoms with Crippen molar-refractivity contribution in [2.75, 3.05) is 32.8 Å². The molecule has 1 aromatic carbocycles. The smallest absolute Gasteiger partial charge is 0.157 e. The minimum atomic E-state index is 0.0186. The highest BCUT2D eigenvalue weighted by Gasteiger charge is 2.22. The Bertz CT molecular complexity index is 407. The second kappa shape index (κ2) is 7.90. The number of nitrogens with one attached hydrogen (secondary N) is 1. The van der Waals surface area contributed by atoms with E-state index in [0.29, 0.717) is 6.04 Å². The number of piperazine rings is 1. The number of nitrogens with zero attached hydrogens (tertiary/aromatic N) is 1. The molecule has 21 heavy (non-hydrogen) atoms. The van der Waals surface area contributed by atoms with E-state index in [-0.39, 0.29) is 6.29 Å². The highest BCUT2D eigenvalue weighted by atomic mass is 16.7. The zero-order valence-corrected chi connectivity index (χ0v) is 12.7. The van der Waals surface area contributed by atoms with Gasteiger partial charge in [0.25, 0.3) is 0 Å². The second-order valence-corrected chi connectivity index (χ2v) is 6.00. The van der Waals surface area contributed by atoms with E-state index in [1.165, 1.54) is 18.4 Å². The lowest BCUT2D eigenvalue weighted by atomic mass is 10.1. The molecule has 4 nitrogen and oxygen atoms in total. The van der Waals surface area contributed by atoms with Gasteiger partial charge in [-0.1, -0.05) is 30.3 Å². The van der Waals surface area contributed by atoms with Gasteiger partial charge in [0.05, 0.1) is 6.61 Å². The molecular weight excluding hydrogens is 264 g/mol. The lowest BCUT2D eigenvalue weighted by Crippen LogP contribution is -2.52. The molecule has 0 amide bonds. The molecule has 2 aliphatic heterocycles. The summed E-state index contributed by atoms with van der Waals surface area (Å²) in [5.41, 5.74) is 1.38. The fraction of sp³-hybridized carbons (Fsp3) is 0.647. The van der Waals surface area contributed by atoms with Crippen LogP contribution in [0.2, 0.25) is 0 Å². The minimum absolute atomic E-state index is 0.0186. The van der Waals surface area contributed by atoms with Crippen molar-refractivity contribution in [3.05, 3.63) is 35.9 Å². The van der Waals surface area contributed by atoms with E-state index in [9.17, 15) is 0 Å². The van der Waals surface area contributed by atoms with E-state index < -0.39 is 0 Å². The van der Waals surface area contributed by atoms with Crippen LogP contribution in [0.5, 0.6) is 0 Å². The number of rotatable bonds is 5. The number of hydrogen-bond acceptors (Lipinski definition) is 4. The van der Waals surface area contributed by atoms with Crippen molar-refractivity contribution in [1.82, 2.24) is 10.2 Å². The van der Waals surface area contributed by atoms with Gasteiger partial charge in [0, 0.05) is 38.8 Å². The average molecular weight is 290 g/mol. The summed E-state index contributed by atoms with van der Waals surface area (Å²) in [4.78, 5) is 2.50. The first-order chi connectivity index (χ1) is 10.4. The highest BCUT2D eigenvalue weighted by Crippen LogP contribution is 2.14. The number of benzene rings is 1. The van der Waals surface area contributed by atoms with E-state index in [1.54, 1.807) is 0 Å². The van der Waals surface area contributed by atoms with Crippen LogP contribution >= 0.6 is 0 Å². The van der Waals surface area contributed by atoms with Gasteiger partial charge in [-0.3, -0.25) is 4.90 Å². The molecule has 0 saturated carbocycles. The van der Waals surface area contributed by atoms with E-state index in [1.807, 2.05) is 0 Å². The van der Waals surface area contributed by atoms with Crippen molar-refractivity contribution in [3.63, 3.8) is 0 Å². The first kappa shape index (κ1) is 15.0. The van der Waals surface area contributed by atoms with Gasteiger partial charge >= 0.3 is 0 Å². The molecule has 2 heterocycles. The van der Waals surface area contributed by atoms with Crippen molar-refractivity contribution in [2.45, 2.75) is 38.1 Å². The SMILES string of the molecule is c1ccc(CN2CCNC(COC3CCCCO3)C2)cc1. The number of ether oxygens (including phenoxy) is 2. The molecule has 2 fully saturated rings. The van der Waals surface area contributed by atoms with E-state index in [4.69, 9.17) is 9.47 Å². The normalized spacial score (nSPS) is 27.6. The fourth-order valence-electron chi connectivity index (χ4n) is 3.06. The maximum Gasteiger partial charge on any atom is 0.157 e. The molecule has 0 radical (unpaired) electrons. The van der Waals surface area contributed by atoms with Gasteiger partial charge in [0.1, 0.15) is 0 Å². The van der Waals surface area contributed by atoms with Crippen molar-refractivity contribution >= 4 is 0 Å². The third-order valence-electron chi connectivity index (χ3n) is 4.21. The van der Waals surface area contributed by atoms with Gasteiger partial charge in [-0.15, -0.1) is 0 Å². The van der Waals surface area contributed by atoms with Gasteiger partial charge in [-0.05, 0) is 24.8 Å². The maximum atomic E-state index is 5.91. The molecule has 2 unspecified atom stereocenters. The molecule has 0 aliphatic carbocycles. The Morgan fingerprint density at radius 1 is 1.24 bits per heavy atom. The molecule has 1 aromatic rings. The first-order valence-corrected chi connectivity index (χ1v) is 8.13. The summed E-state index contributed by atoms with van der Waals surface area (Å²) in [6.45, 7) is 5.80. The van der Waals surface area contributed by atoms with Crippen LogP contribution in [-0.2, 0) is 16.0 Å². The van der Waals surface area contributed by atoms with Crippen LogP contribution in [0.3, 0.4) is 0 Å². The average Bonchev–Trinajstić information content (AvgIpc) is 2.55. The van der Waals surface area contributed by atoms with E-state index >= 15 is 0 Å². The standard InChI is InChI=1S/C17H26N2O2/c1-2-6-15(7-3-1)12-19-10-9-18-16(13-19)14-21-17-8-4-5-11-20-17/h1-3,6-7,16-18H,4-5,8-14H2. The summed E-state index contributed by atoms with van der Waals surface area (Å²) in [5, 5.41) is 3.55. The van der Waals surface area contributed by atoms with Gasteiger partial charge in [-0.2, -0.15) is 0 Å². The summed E-state index contributed by atoms with van der Waals surface area (Å²) in [7, 11) is 0. The molecule has 4 heteroatoms. The first-order valence-electron chi connectivity index (χ1n) is 8.13. The van der Waals surface area contributed by atoms with Crippen LogP contribution in [-0.4, -0.2) is 50.1 Å². The van der Waals surface area contributed by atoms with E-state index in [2.05, 4.69) is 40.5 Å². The van der Waals surface area contributed by atoms with Crippen LogP contribution in [0.4, 0.5) is 0 Å². The summed E-state index contributed by atoms with van der Waals surface area (Å²) in [5.74, 6) is 0. The van der Waals surface area contributed by atoms with Crippen molar-refractivity contribution in [2.24, 2.45) is 0 Å². The molecule has 0 aromatic heterocycles. The maximum absolute atomic E-state index is 5.91. The third-order valence-corrected chi connectivity index (χ3v) is 4.21. The Hall–Kier alpha value is -0.940. The lowest BCUT2D eigenvalue weighted by Gasteiger charge is -2.34. The third kappa shape index (κ3) is 4.78. The zero-order chi connectivity index (χ0) is 14.3. The van der Waals surface area contributed by atoms with Crippen LogP contribution in [0, 0.1) is 0 Å². The molecule has 1 N–H and O–H groups in total. The topological polar surface area (TPSA) is 33.7 Å². The molecule has 3 rings (SSSR count). The fourth-order valence-corrected chi connectivity index (χ4v) is 3.06. The Balaban J connectivity index is 1.42. The molecule has 0 spiro atoms. The summed E-state index contributed by atoms with van der Waals surface area (Å²) in [6.07, 6.45) is 3.46. The molecular formula is C17H26N2O2. The van der Waals surface area contributed by atoms with Crippen molar-refractivity contribution in [3.8, 4) is 0 Å². The number of hydrogen-bond donors (Lipinski definition) is 1. The molecule has 116 valence electrons. The predicted molar refractivity (Wildman–Crippen MR) is 83.1 cm³/mol.